The minimum atomic E-state index is -0.944. The van der Waals surface area contributed by atoms with Crippen molar-refractivity contribution in [3.8, 4) is 5.75 Å². The van der Waals surface area contributed by atoms with E-state index in [0.717, 1.165) is 22.0 Å². The van der Waals surface area contributed by atoms with E-state index in [1.807, 2.05) is 26.0 Å². The van der Waals surface area contributed by atoms with Crippen molar-refractivity contribution in [3.63, 3.8) is 0 Å². The summed E-state index contributed by atoms with van der Waals surface area (Å²) in [5, 5.41) is 9.14. The predicted molar refractivity (Wildman–Crippen MR) is 83.2 cm³/mol. The Labute approximate surface area is 128 Å². The van der Waals surface area contributed by atoms with Crippen LogP contribution in [0.25, 0.3) is 0 Å². The lowest BCUT2D eigenvalue weighted by molar-refractivity contribution is -0.145. The van der Waals surface area contributed by atoms with Crippen LogP contribution in [-0.4, -0.2) is 23.2 Å². The number of nitrogens with two attached hydrogens (primary N) is 1. The molecule has 0 aliphatic rings. The molecule has 0 aliphatic carbocycles. The van der Waals surface area contributed by atoms with Gasteiger partial charge in [0.2, 0.25) is 0 Å². The molecule has 0 amide bonds. The van der Waals surface area contributed by atoms with Gasteiger partial charge in [0, 0.05) is 10.5 Å². The SMILES string of the molecule is CCC(N)Cc1cc(Br)cc(C)c1OC(CC)C(=O)O. The summed E-state index contributed by atoms with van der Waals surface area (Å²) < 4.78 is 6.66. The average molecular weight is 344 g/mol. The Balaban J connectivity index is 3.12. The van der Waals surface area contributed by atoms with Gasteiger partial charge in [0.05, 0.1) is 0 Å². The van der Waals surface area contributed by atoms with E-state index in [4.69, 9.17) is 15.6 Å². The zero-order chi connectivity index (χ0) is 15.3. The molecule has 0 fully saturated rings. The lowest BCUT2D eigenvalue weighted by Gasteiger charge is -2.20. The van der Waals surface area contributed by atoms with Gasteiger partial charge in [-0.25, -0.2) is 4.79 Å². The van der Waals surface area contributed by atoms with Crippen LogP contribution in [0, 0.1) is 6.92 Å². The van der Waals surface area contributed by atoms with Crippen molar-refractivity contribution in [3.05, 3.63) is 27.7 Å². The highest BCUT2D eigenvalue weighted by molar-refractivity contribution is 9.10. The Morgan fingerprint density at radius 1 is 1.40 bits per heavy atom. The normalized spacial score (nSPS) is 13.8. The molecular weight excluding hydrogens is 322 g/mol. The second kappa shape index (κ2) is 7.64. The van der Waals surface area contributed by atoms with Crippen LogP contribution in [0.4, 0.5) is 0 Å². The topological polar surface area (TPSA) is 72.5 Å². The molecule has 1 rings (SSSR count). The van der Waals surface area contributed by atoms with Crippen LogP contribution in [0.1, 0.15) is 37.8 Å². The molecule has 0 heterocycles. The summed E-state index contributed by atoms with van der Waals surface area (Å²) in [7, 11) is 0. The Bertz CT molecular complexity index is 476. The van der Waals surface area contributed by atoms with E-state index in [2.05, 4.69) is 15.9 Å². The number of rotatable bonds is 7. The van der Waals surface area contributed by atoms with E-state index in [9.17, 15) is 4.79 Å². The van der Waals surface area contributed by atoms with Crippen LogP contribution in [-0.2, 0) is 11.2 Å². The Morgan fingerprint density at radius 2 is 2.05 bits per heavy atom. The average Bonchev–Trinajstić information content (AvgIpc) is 2.37. The molecular formula is C15H22BrNO3. The minimum absolute atomic E-state index is 0.0379. The van der Waals surface area contributed by atoms with E-state index >= 15 is 0 Å². The molecule has 20 heavy (non-hydrogen) atoms. The molecule has 0 spiro atoms. The van der Waals surface area contributed by atoms with Gasteiger partial charge in [-0.2, -0.15) is 0 Å². The highest BCUT2D eigenvalue weighted by Gasteiger charge is 2.20. The van der Waals surface area contributed by atoms with Gasteiger partial charge >= 0.3 is 5.97 Å². The first-order valence-electron chi connectivity index (χ1n) is 6.83. The fourth-order valence-corrected chi connectivity index (χ4v) is 2.62. The van der Waals surface area contributed by atoms with Gasteiger partial charge in [0.25, 0.3) is 0 Å². The highest BCUT2D eigenvalue weighted by Crippen LogP contribution is 2.30. The second-order valence-electron chi connectivity index (χ2n) is 4.94. The number of ether oxygens (including phenoxy) is 1. The molecule has 0 aliphatic heterocycles. The monoisotopic (exact) mass is 343 g/mol. The number of halogens is 1. The van der Waals surface area contributed by atoms with Gasteiger partial charge in [-0.15, -0.1) is 0 Å². The van der Waals surface area contributed by atoms with Gasteiger partial charge in [-0.1, -0.05) is 29.8 Å². The minimum Gasteiger partial charge on any atom is -0.479 e. The third-order valence-electron chi connectivity index (χ3n) is 3.23. The van der Waals surface area contributed by atoms with E-state index in [0.29, 0.717) is 18.6 Å². The number of benzene rings is 1. The summed E-state index contributed by atoms with van der Waals surface area (Å²) in [5.74, 6) is -0.299. The summed E-state index contributed by atoms with van der Waals surface area (Å²) in [5.41, 5.74) is 7.87. The van der Waals surface area contributed by atoms with Crippen molar-refractivity contribution < 1.29 is 14.6 Å². The first-order chi connectivity index (χ1) is 9.38. The highest BCUT2D eigenvalue weighted by atomic mass is 79.9. The number of hydrogen-bond donors (Lipinski definition) is 2. The fourth-order valence-electron chi connectivity index (χ4n) is 2.00. The first kappa shape index (κ1) is 17.0. The third kappa shape index (κ3) is 4.49. The van der Waals surface area contributed by atoms with Crippen molar-refractivity contribution in [2.75, 3.05) is 0 Å². The number of carboxylic acid groups (broad SMARTS) is 1. The molecule has 112 valence electrons. The number of hydrogen-bond acceptors (Lipinski definition) is 3. The molecule has 2 atom stereocenters. The molecule has 0 bridgehead atoms. The fraction of sp³-hybridized carbons (Fsp3) is 0.533. The molecule has 1 aromatic rings. The molecule has 0 saturated carbocycles. The van der Waals surface area contributed by atoms with E-state index < -0.39 is 12.1 Å². The van der Waals surface area contributed by atoms with Crippen LogP contribution < -0.4 is 10.5 Å². The molecule has 0 saturated heterocycles. The van der Waals surface area contributed by atoms with E-state index in [1.54, 1.807) is 6.92 Å². The van der Waals surface area contributed by atoms with Crippen molar-refractivity contribution in [1.82, 2.24) is 0 Å². The van der Waals surface area contributed by atoms with Crippen LogP contribution in [0.5, 0.6) is 5.75 Å². The summed E-state index contributed by atoms with van der Waals surface area (Å²) in [6.45, 7) is 5.74. The summed E-state index contributed by atoms with van der Waals surface area (Å²) in [6.07, 6.45) is 1.12. The maximum atomic E-state index is 11.1. The lowest BCUT2D eigenvalue weighted by atomic mass is 10.0. The summed E-state index contributed by atoms with van der Waals surface area (Å²) in [4.78, 5) is 11.1. The van der Waals surface area contributed by atoms with E-state index in [-0.39, 0.29) is 6.04 Å². The van der Waals surface area contributed by atoms with Crippen LogP contribution in [0.3, 0.4) is 0 Å². The van der Waals surface area contributed by atoms with Crippen molar-refractivity contribution in [2.24, 2.45) is 5.73 Å². The largest absolute Gasteiger partial charge is 0.479 e. The van der Waals surface area contributed by atoms with Crippen molar-refractivity contribution in [2.45, 2.75) is 52.2 Å². The van der Waals surface area contributed by atoms with Crippen molar-refractivity contribution >= 4 is 21.9 Å². The van der Waals surface area contributed by atoms with Gasteiger partial charge in [-0.05, 0) is 49.4 Å². The zero-order valence-corrected chi connectivity index (χ0v) is 13.7. The molecule has 0 radical (unpaired) electrons. The first-order valence-corrected chi connectivity index (χ1v) is 7.62. The van der Waals surface area contributed by atoms with Gasteiger partial charge in [-0.3, -0.25) is 0 Å². The molecule has 0 aromatic heterocycles. The predicted octanol–water partition coefficient (Wildman–Crippen LogP) is 3.28. The quantitative estimate of drug-likeness (QED) is 0.796. The number of aryl methyl sites for hydroxylation is 1. The van der Waals surface area contributed by atoms with Gasteiger partial charge in [0.1, 0.15) is 5.75 Å². The third-order valence-corrected chi connectivity index (χ3v) is 3.69. The lowest BCUT2D eigenvalue weighted by Crippen LogP contribution is -2.28. The maximum absolute atomic E-state index is 11.1. The van der Waals surface area contributed by atoms with Gasteiger partial charge < -0.3 is 15.6 Å². The molecule has 4 nitrogen and oxygen atoms in total. The van der Waals surface area contributed by atoms with Gasteiger partial charge in [0.15, 0.2) is 6.10 Å². The maximum Gasteiger partial charge on any atom is 0.344 e. The summed E-state index contributed by atoms with van der Waals surface area (Å²) in [6, 6.07) is 3.91. The Kier molecular flexibility index (Phi) is 6.49. The van der Waals surface area contributed by atoms with Crippen molar-refractivity contribution in [1.29, 1.82) is 0 Å². The Hall–Kier alpha value is -1.07. The zero-order valence-electron chi connectivity index (χ0n) is 12.1. The van der Waals surface area contributed by atoms with Crippen LogP contribution in [0.15, 0.2) is 16.6 Å². The molecule has 3 N–H and O–H groups in total. The number of aliphatic carboxylic acids is 1. The molecule has 5 heteroatoms. The Morgan fingerprint density at radius 3 is 2.55 bits per heavy atom. The molecule has 1 aromatic carbocycles. The summed E-state index contributed by atoms with van der Waals surface area (Å²) >= 11 is 3.46. The van der Waals surface area contributed by atoms with Crippen LogP contribution in [0.2, 0.25) is 0 Å². The van der Waals surface area contributed by atoms with E-state index in [1.165, 1.54) is 0 Å². The number of carboxylic acids is 1. The smallest absolute Gasteiger partial charge is 0.344 e. The molecule has 2 unspecified atom stereocenters. The standard InChI is InChI=1S/C15H22BrNO3/c1-4-12(17)8-10-7-11(16)6-9(3)14(10)20-13(5-2)15(18)19/h6-7,12-13H,4-5,8,17H2,1-3H3,(H,18,19). The second-order valence-corrected chi connectivity index (χ2v) is 5.85. The van der Waals surface area contributed by atoms with Crippen LogP contribution >= 0.6 is 15.9 Å². The number of carbonyl (C=O) groups is 1.